The molecule has 0 spiro atoms. The Labute approximate surface area is 145 Å². The highest BCUT2D eigenvalue weighted by Gasteiger charge is 2.61. The van der Waals surface area contributed by atoms with Gasteiger partial charge in [0.25, 0.3) is 0 Å². The van der Waals surface area contributed by atoms with Crippen LogP contribution >= 0.6 is 31.9 Å². The van der Waals surface area contributed by atoms with E-state index in [9.17, 15) is 0 Å². The number of hydrogen-bond acceptors (Lipinski definition) is 2. The maximum absolute atomic E-state index is 6.22. The van der Waals surface area contributed by atoms with Crippen LogP contribution in [0.15, 0.2) is 76.2 Å². The molecule has 2 atom stereocenters. The van der Waals surface area contributed by atoms with Crippen LogP contribution in [0.5, 0.6) is 0 Å². The summed E-state index contributed by atoms with van der Waals surface area (Å²) in [5.41, 5.74) is 1.76. The third-order valence-corrected chi connectivity index (χ3v) is 5.07. The molecule has 0 radical (unpaired) electrons. The number of ether oxygens (including phenoxy) is 1. The minimum Gasteiger partial charge on any atom is -0.333 e. The van der Waals surface area contributed by atoms with Gasteiger partial charge in [0.15, 0.2) is 11.8 Å². The molecule has 2 unspecified atom stereocenters. The first kappa shape index (κ1) is 14.2. The molecule has 110 valence electrons. The fraction of sp³-hybridized carbons (Fsp3) is 0.118. The quantitative estimate of drug-likeness (QED) is 0.566. The molecule has 0 saturated carbocycles. The highest BCUT2D eigenvalue weighted by Crippen LogP contribution is 2.60. The van der Waals surface area contributed by atoms with Crippen LogP contribution in [0.1, 0.15) is 17.4 Å². The molecule has 2 aromatic carbocycles. The second kappa shape index (κ2) is 5.33. The number of halogens is 2. The van der Waals surface area contributed by atoms with Crippen molar-refractivity contribution in [2.75, 3.05) is 0 Å². The lowest BCUT2D eigenvalue weighted by molar-refractivity contribution is 0.303. The maximum atomic E-state index is 6.22. The zero-order chi connectivity index (χ0) is 15.2. The number of benzene rings is 2. The van der Waals surface area contributed by atoms with Gasteiger partial charge in [-0.3, -0.25) is 0 Å². The molecular weight excluding hydrogens is 408 g/mol. The summed E-state index contributed by atoms with van der Waals surface area (Å²) in [6, 6.07) is 16.5. The second-order valence-electron chi connectivity index (χ2n) is 5.21. The second-order valence-corrected chi connectivity index (χ2v) is 6.98. The number of rotatable bonds is 3. The zero-order valence-electron chi connectivity index (χ0n) is 11.5. The van der Waals surface area contributed by atoms with E-state index >= 15 is 0 Å². The third-order valence-electron chi connectivity index (χ3n) is 3.92. The Morgan fingerprint density at radius 3 is 2.59 bits per heavy atom. The van der Waals surface area contributed by atoms with E-state index in [1.165, 1.54) is 0 Å². The van der Waals surface area contributed by atoms with Gasteiger partial charge in [0.1, 0.15) is 0 Å². The van der Waals surface area contributed by atoms with Gasteiger partial charge in [-0.1, -0.05) is 68.3 Å². The number of epoxide rings is 1. The van der Waals surface area contributed by atoms with Crippen LogP contribution in [0.2, 0.25) is 0 Å². The highest BCUT2D eigenvalue weighted by molar-refractivity contribution is 9.11. The van der Waals surface area contributed by atoms with E-state index in [0.717, 1.165) is 20.1 Å². The van der Waals surface area contributed by atoms with Crippen LogP contribution in [0, 0.1) is 0 Å². The lowest BCUT2D eigenvalue weighted by Crippen LogP contribution is -2.15. The number of hydrogen-bond donors (Lipinski definition) is 0. The van der Waals surface area contributed by atoms with E-state index in [2.05, 4.69) is 55.0 Å². The molecule has 1 aliphatic heterocycles. The molecule has 4 rings (SSSR count). The topological polar surface area (TPSA) is 30.4 Å². The van der Waals surface area contributed by atoms with Crippen molar-refractivity contribution in [3.63, 3.8) is 0 Å². The Bertz CT molecular complexity index is 805. The van der Waals surface area contributed by atoms with Gasteiger partial charge < -0.3 is 9.30 Å². The molecular formula is C17H12Br2N2O. The fourth-order valence-corrected chi connectivity index (χ4v) is 4.20. The Morgan fingerprint density at radius 1 is 1.09 bits per heavy atom. The predicted octanol–water partition coefficient (Wildman–Crippen LogP) is 4.88. The summed E-state index contributed by atoms with van der Waals surface area (Å²) in [5.74, 6) is 0. The van der Waals surface area contributed by atoms with Crippen LogP contribution < -0.4 is 0 Å². The fourth-order valence-electron chi connectivity index (χ4n) is 2.86. The minimum absolute atomic E-state index is 0.0881. The van der Waals surface area contributed by atoms with E-state index in [0.29, 0.717) is 0 Å². The largest absolute Gasteiger partial charge is 0.333 e. The van der Waals surface area contributed by atoms with Gasteiger partial charge in [-0.15, -0.1) is 0 Å². The molecule has 1 aromatic heterocycles. The average Bonchev–Trinajstić information content (AvgIpc) is 3.03. The van der Waals surface area contributed by atoms with Crippen molar-refractivity contribution in [1.29, 1.82) is 0 Å². The molecule has 1 fully saturated rings. The molecule has 0 N–H and O–H groups in total. The van der Waals surface area contributed by atoms with Crippen molar-refractivity contribution in [1.82, 2.24) is 9.55 Å². The molecule has 2 heterocycles. The molecule has 1 aliphatic rings. The first-order valence-corrected chi connectivity index (χ1v) is 8.47. The third kappa shape index (κ3) is 2.16. The van der Waals surface area contributed by atoms with Gasteiger partial charge in [-0.05, 0) is 17.7 Å². The van der Waals surface area contributed by atoms with E-state index in [1.807, 2.05) is 41.1 Å². The van der Waals surface area contributed by atoms with E-state index in [4.69, 9.17) is 4.74 Å². The van der Waals surface area contributed by atoms with E-state index in [-0.39, 0.29) is 6.23 Å². The Morgan fingerprint density at radius 2 is 1.91 bits per heavy atom. The average molecular weight is 420 g/mol. The SMILES string of the molecule is Brc1ccc(C2(c3ccccc3)OC2n2ccnc2)c(Br)c1. The van der Waals surface area contributed by atoms with Crippen molar-refractivity contribution in [2.24, 2.45) is 0 Å². The summed E-state index contributed by atoms with van der Waals surface area (Å²) < 4.78 is 10.3. The van der Waals surface area contributed by atoms with Crippen LogP contribution in [0.4, 0.5) is 0 Å². The van der Waals surface area contributed by atoms with Gasteiger partial charge in [0.05, 0.1) is 6.33 Å². The van der Waals surface area contributed by atoms with Crippen LogP contribution in [-0.4, -0.2) is 9.55 Å². The van der Waals surface area contributed by atoms with Crippen LogP contribution in [-0.2, 0) is 10.3 Å². The van der Waals surface area contributed by atoms with Crippen molar-refractivity contribution in [2.45, 2.75) is 11.8 Å². The summed E-state index contributed by atoms with van der Waals surface area (Å²) in [7, 11) is 0. The summed E-state index contributed by atoms with van der Waals surface area (Å²) in [6.45, 7) is 0. The van der Waals surface area contributed by atoms with E-state index < -0.39 is 5.60 Å². The van der Waals surface area contributed by atoms with Crippen LogP contribution in [0.3, 0.4) is 0 Å². The smallest absolute Gasteiger partial charge is 0.174 e. The molecule has 0 aliphatic carbocycles. The molecule has 3 aromatic rings. The molecule has 5 heteroatoms. The number of aromatic nitrogens is 2. The predicted molar refractivity (Wildman–Crippen MR) is 91.4 cm³/mol. The molecule has 22 heavy (non-hydrogen) atoms. The summed E-state index contributed by atoms with van der Waals surface area (Å²) in [5, 5.41) is 0. The molecule has 0 amide bonds. The van der Waals surface area contributed by atoms with E-state index in [1.54, 1.807) is 12.5 Å². The van der Waals surface area contributed by atoms with Gasteiger partial charge in [0, 0.05) is 26.9 Å². The lowest BCUT2D eigenvalue weighted by atomic mass is 9.90. The highest BCUT2D eigenvalue weighted by atomic mass is 79.9. The van der Waals surface area contributed by atoms with Gasteiger partial charge in [-0.2, -0.15) is 0 Å². The van der Waals surface area contributed by atoms with Crippen molar-refractivity contribution < 1.29 is 4.74 Å². The van der Waals surface area contributed by atoms with Crippen molar-refractivity contribution in [3.05, 3.63) is 87.3 Å². The maximum Gasteiger partial charge on any atom is 0.174 e. The number of imidazole rings is 1. The Balaban J connectivity index is 1.88. The number of nitrogens with zero attached hydrogens (tertiary/aromatic N) is 2. The van der Waals surface area contributed by atoms with Crippen LogP contribution in [0.25, 0.3) is 0 Å². The molecule has 0 bridgehead atoms. The first-order valence-electron chi connectivity index (χ1n) is 6.88. The van der Waals surface area contributed by atoms with Crippen molar-refractivity contribution in [3.8, 4) is 0 Å². The summed E-state index contributed by atoms with van der Waals surface area (Å²) in [4.78, 5) is 4.14. The normalized spacial score (nSPS) is 23.5. The van der Waals surface area contributed by atoms with Gasteiger partial charge >= 0.3 is 0 Å². The van der Waals surface area contributed by atoms with Gasteiger partial charge in [-0.25, -0.2) is 4.98 Å². The monoisotopic (exact) mass is 418 g/mol. The lowest BCUT2D eigenvalue weighted by Gasteiger charge is -2.16. The first-order chi connectivity index (χ1) is 10.7. The minimum atomic E-state index is -0.485. The summed E-state index contributed by atoms with van der Waals surface area (Å²) >= 11 is 7.18. The van der Waals surface area contributed by atoms with Gasteiger partial charge in [0.2, 0.25) is 0 Å². The standard InChI is InChI=1S/C17H12Br2N2O/c18-13-6-7-14(15(19)10-13)17(12-4-2-1-3-5-12)16(22-17)21-9-8-20-11-21/h1-11,16H. The van der Waals surface area contributed by atoms with Crippen molar-refractivity contribution >= 4 is 31.9 Å². The Hall–Kier alpha value is -1.43. The summed E-state index contributed by atoms with van der Waals surface area (Å²) in [6.07, 6.45) is 5.41. The molecule has 1 saturated heterocycles. The Kier molecular flexibility index (Phi) is 3.44. The molecule has 3 nitrogen and oxygen atoms in total. The zero-order valence-corrected chi connectivity index (χ0v) is 14.7.